The molecular formula is C20H23N3O4. The molecule has 0 bridgehead atoms. The maximum atomic E-state index is 12.4. The lowest BCUT2D eigenvalue weighted by Gasteiger charge is -2.48. The van der Waals surface area contributed by atoms with Gasteiger partial charge < -0.3 is 14.6 Å². The van der Waals surface area contributed by atoms with Crippen LogP contribution in [0, 0.1) is 11.8 Å². The van der Waals surface area contributed by atoms with Crippen LogP contribution in [-0.4, -0.2) is 34.2 Å². The van der Waals surface area contributed by atoms with E-state index in [1.165, 1.54) is 22.4 Å². The van der Waals surface area contributed by atoms with Gasteiger partial charge in [0.05, 0.1) is 6.10 Å². The van der Waals surface area contributed by atoms with Crippen molar-refractivity contribution in [2.75, 3.05) is 6.61 Å². The Balaban J connectivity index is 1.37. The largest absolute Gasteiger partial charge is 0.377 e. The highest BCUT2D eigenvalue weighted by atomic mass is 16.5. The molecule has 1 saturated carbocycles. The third-order valence-electron chi connectivity index (χ3n) is 5.65. The van der Waals surface area contributed by atoms with Gasteiger partial charge in [-0.15, -0.1) is 0 Å². The fourth-order valence-corrected chi connectivity index (χ4v) is 4.27. The van der Waals surface area contributed by atoms with E-state index in [2.05, 4.69) is 22.4 Å². The molecule has 2 aromatic rings. The molecule has 2 heterocycles. The Hall–Kier alpha value is -2.67. The predicted molar refractivity (Wildman–Crippen MR) is 99.4 cm³/mol. The fraction of sp³-hybridized carbons (Fsp3) is 0.450. The van der Waals surface area contributed by atoms with E-state index in [1.54, 1.807) is 0 Å². The van der Waals surface area contributed by atoms with Gasteiger partial charge in [0.15, 0.2) is 0 Å². The minimum Gasteiger partial charge on any atom is -0.377 e. The third-order valence-corrected chi connectivity index (χ3v) is 5.65. The third kappa shape index (κ3) is 3.73. The molecule has 27 heavy (non-hydrogen) atoms. The number of nitrogens with one attached hydrogen (secondary N) is 2. The quantitative estimate of drug-likeness (QED) is 0.783. The number of hydrogen-bond donors (Lipinski definition) is 2. The Morgan fingerprint density at radius 2 is 2.04 bits per heavy atom. The first-order valence-electron chi connectivity index (χ1n) is 9.36. The van der Waals surface area contributed by atoms with Gasteiger partial charge in [0.1, 0.15) is 0 Å². The number of rotatable bonds is 6. The van der Waals surface area contributed by atoms with Crippen LogP contribution in [0.1, 0.15) is 18.4 Å². The summed E-state index contributed by atoms with van der Waals surface area (Å²) in [4.78, 5) is 37.4. The standard InChI is InChI=1S/C20H23N3O4/c24-16(6-9-23-10-7-17(25)22-20(23)26)21-18-14-8-11-27-19(14)15(18)12-13-4-2-1-3-5-13/h1-5,7,10,14-15,18-19H,6,8-9,11-12H2,(H,21,24)(H,22,25,26)/t14-,15+,18-,19-/m1/s1. The summed E-state index contributed by atoms with van der Waals surface area (Å²) in [5.74, 6) is 0.569. The number of carbonyl (C=O) groups is 1. The Labute approximate surface area is 156 Å². The van der Waals surface area contributed by atoms with Crippen LogP contribution in [-0.2, 0) is 22.5 Å². The van der Waals surface area contributed by atoms with Gasteiger partial charge in [0, 0.05) is 49.7 Å². The van der Waals surface area contributed by atoms with Gasteiger partial charge in [0.2, 0.25) is 5.91 Å². The van der Waals surface area contributed by atoms with E-state index in [0.29, 0.717) is 5.92 Å². The van der Waals surface area contributed by atoms with Gasteiger partial charge in [-0.3, -0.25) is 14.6 Å². The van der Waals surface area contributed by atoms with Crippen LogP contribution in [0.2, 0.25) is 0 Å². The lowest BCUT2D eigenvalue weighted by Crippen LogP contribution is -2.62. The van der Waals surface area contributed by atoms with E-state index in [-0.39, 0.29) is 36.9 Å². The number of hydrogen-bond acceptors (Lipinski definition) is 4. The van der Waals surface area contributed by atoms with E-state index in [9.17, 15) is 14.4 Å². The normalized spacial score (nSPS) is 26.2. The molecular weight excluding hydrogens is 346 g/mol. The van der Waals surface area contributed by atoms with Crippen molar-refractivity contribution in [2.45, 2.75) is 38.0 Å². The summed E-state index contributed by atoms with van der Waals surface area (Å²) in [5, 5.41) is 3.15. The van der Waals surface area contributed by atoms with Crippen LogP contribution in [0.15, 0.2) is 52.2 Å². The molecule has 4 rings (SSSR count). The number of H-pyrrole nitrogens is 1. The number of amides is 1. The van der Waals surface area contributed by atoms with Crippen molar-refractivity contribution in [2.24, 2.45) is 11.8 Å². The molecule has 142 valence electrons. The number of carbonyl (C=O) groups excluding carboxylic acids is 1. The minimum absolute atomic E-state index is 0.0819. The first-order chi connectivity index (χ1) is 13.1. The van der Waals surface area contributed by atoms with Crippen LogP contribution < -0.4 is 16.6 Å². The van der Waals surface area contributed by atoms with Crippen LogP contribution in [0.3, 0.4) is 0 Å². The lowest BCUT2D eigenvalue weighted by molar-refractivity contribution is -0.127. The molecule has 2 fully saturated rings. The maximum Gasteiger partial charge on any atom is 0.328 e. The number of fused-ring (bicyclic) bond motifs is 1. The zero-order valence-electron chi connectivity index (χ0n) is 15.0. The zero-order chi connectivity index (χ0) is 18.8. The van der Waals surface area contributed by atoms with Crippen molar-refractivity contribution < 1.29 is 9.53 Å². The summed E-state index contributed by atoms with van der Waals surface area (Å²) < 4.78 is 7.21. The van der Waals surface area contributed by atoms with E-state index in [4.69, 9.17) is 4.74 Å². The number of nitrogens with zero attached hydrogens (tertiary/aromatic N) is 1. The molecule has 0 unspecified atom stereocenters. The molecule has 7 heteroatoms. The van der Waals surface area contributed by atoms with Crippen molar-refractivity contribution in [3.63, 3.8) is 0 Å². The van der Waals surface area contributed by atoms with Crippen LogP contribution >= 0.6 is 0 Å². The van der Waals surface area contributed by atoms with Crippen LogP contribution in [0.5, 0.6) is 0 Å². The van der Waals surface area contributed by atoms with E-state index in [0.717, 1.165) is 19.4 Å². The highest BCUT2D eigenvalue weighted by Gasteiger charge is 2.53. The monoisotopic (exact) mass is 369 g/mol. The molecule has 4 atom stereocenters. The minimum atomic E-state index is -0.495. The SMILES string of the molecule is O=C(CCn1ccc(=O)[nH]c1=O)N[C@@H]1[C@H]2CCO[C@H]2[C@H]1Cc1ccccc1. The Bertz CT molecular complexity index is 921. The Morgan fingerprint density at radius 1 is 1.22 bits per heavy atom. The molecule has 1 amide bonds. The number of aryl methyl sites for hydroxylation is 1. The predicted octanol–water partition coefficient (Wildman–Crippen LogP) is 0.689. The summed E-state index contributed by atoms with van der Waals surface area (Å²) in [7, 11) is 0. The first kappa shape index (κ1) is 17.7. The number of aromatic nitrogens is 2. The Kier molecular flexibility index (Phi) is 4.94. The molecule has 2 N–H and O–H groups in total. The van der Waals surface area contributed by atoms with Gasteiger partial charge in [-0.1, -0.05) is 30.3 Å². The highest BCUT2D eigenvalue weighted by molar-refractivity contribution is 5.76. The van der Waals surface area contributed by atoms with E-state index in [1.807, 2.05) is 18.2 Å². The molecule has 7 nitrogen and oxygen atoms in total. The summed E-state index contributed by atoms with van der Waals surface area (Å²) in [5.41, 5.74) is 0.312. The van der Waals surface area contributed by atoms with Crippen molar-refractivity contribution >= 4 is 5.91 Å². The second-order valence-corrected chi connectivity index (χ2v) is 7.29. The first-order valence-corrected chi connectivity index (χ1v) is 9.36. The molecule has 1 aromatic carbocycles. The van der Waals surface area contributed by atoms with Crippen molar-refractivity contribution in [3.05, 3.63) is 69.0 Å². The maximum absolute atomic E-state index is 12.4. The second kappa shape index (κ2) is 7.52. The molecule has 2 aliphatic rings. The lowest BCUT2D eigenvalue weighted by atomic mass is 9.64. The summed E-state index contributed by atoms with van der Waals surface area (Å²) in [6.07, 6.45) is 3.68. The van der Waals surface area contributed by atoms with Gasteiger partial charge >= 0.3 is 5.69 Å². The number of benzene rings is 1. The summed E-state index contributed by atoms with van der Waals surface area (Å²) in [6, 6.07) is 11.6. The van der Waals surface area contributed by atoms with Crippen molar-refractivity contribution in [1.29, 1.82) is 0 Å². The average molecular weight is 369 g/mol. The molecule has 1 saturated heterocycles. The zero-order valence-corrected chi connectivity index (χ0v) is 15.0. The second-order valence-electron chi connectivity index (χ2n) is 7.29. The number of ether oxygens (including phenoxy) is 1. The highest BCUT2D eigenvalue weighted by Crippen LogP contribution is 2.45. The molecule has 1 aliphatic heterocycles. The molecule has 0 radical (unpaired) electrons. The summed E-state index contributed by atoms with van der Waals surface area (Å²) >= 11 is 0. The molecule has 1 aromatic heterocycles. The average Bonchev–Trinajstić information content (AvgIpc) is 3.09. The van der Waals surface area contributed by atoms with Crippen LogP contribution in [0.4, 0.5) is 0 Å². The van der Waals surface area contributed by atoms with Crippen molar-refractivity contribution in [3.8, 4) is 0 Å². The van der Waals surface area contributed by atoms with Gasteiger partial charge in [-0.25, -0.2) is 4.79 Å². The van der Waals surface area contributed by atoms with E-state index >= 15 is 0 Å². The van der Waals surface area contributed by atoms with Crippen LogP contribution in [0.25, 0.3) is 0 Å². The van der Waals surface area contributed by atoms with E-state index < -0.39 is 11.2 Å². The molecule has 1 aliphatic carbocycles. The fourth-order valence-electron chi connectivity index (χ4n) is 4.27. The van der Waals surface area contributed by atoms with Gasteiger partial charge in [-0.2, -0.15) is 0 Å². The topological polar surface area (TPSA) is 93.2 Å². The molecule has 0 spiro atoms. The summed E-state index contributed by atoms with van der Waals surface area (Å²) in [6.45, 7) is 0.988. The van der Waals surface area contributed by atoms with Gasteiger partial charge in [0.25, 0.3) is 5.56 Å². The van der Waals surface area contributed by atoms with Gasteiger partial charge in [-0.05, 0) is 18.4 Å². The van der Waals surface area contributed by atoms with Crippen molar-refractivity contribution in [1.82, 2.24) is 14.9 Å². The smallest absolute Gasteiger partial charge is 0.328 e. The Morgan fingerprint density at radius 3 is 2.81 bits per heavy atom. The number of aromatic amines is 1.